The number of ether oxygens (including phenoxy) is 1. The van der Waals surface area contributed by atoms with E-state index in [4.69, 9.17) is 9.72 Å². The Bertz CT molecular complexity index is 1540. The zero-order valence-corrected chi connectivity index (χ0v) is 22.7. The lowest BCUT2D eigenvalue weighted by atomic mass is 10.1. The van der Waals surface area contributed by atoms with E-state index in [1.54, 1.807) is 73.7 Å². The van der Waals surface area contributed by atoms with Gasteiger partial charge in [0.1, 0.15) is 11.6 Å². The van der Waals surface area contributed by atoms with Crippen molar-refractivity contribution in [2.24, 2.45) is 5.92 Å². The molecule has 0 aliphatic heterocycles. The molecule has 0 fully saturated rings. The molecule has 1 aromatic heterocycles. The molecule has 4 rings (SSSR count). The standard InChI is InChI=1S/C29H33N3O4S/c1-6-36-24-15-13-23(14-16-24)32-28(30-27-10-8-7-9-26(27)29(32)33)22(5)31(19-20(2)3)37(34,35)25-17-11-21(4)12-18-25/h7-18,20,22H,6,19H2,1-5H3. The monoisotopic (exact) mass is 519 g/mol. The number of fused-ring (bicyclic) bond motifs is 1. The number of aryl methyl sites for hydroxylation is 1. The van der Waals surface area contributed by atoms with Gasteiger partial charge in [-0.15, -0.1) is 0 Å². The summed E-state index contributed by atoms with van der Waals surface area (Å²) in [6.45, 7) is 10.3. The molecule has 0 N–H and O–H groups in total. The molecule has 0 amide bonds. The van der Waals surface area contributed by atoms with E-state index >= 15 is 0 Å². The highest BCUT2D eigenvalue weighted by molar-refractivity contribution is 7.89. The molecule has 4 aromatic rings. The zero-order valence-electron chi connectivity index (χ0n) is 21.9. The van der Waals surface area contributed by atoms with E-state index in [1.807, 2.05) is 33.8 Å². The summed E-state index contributed by atoms with van der Waals surface area (Å²) in [7, 11) is -3.88. The maximum absolute atomic E-state index is 13.9. The fraction of sp³-hybridized carbons (Fsp3) is 0.310. The number of hydrogen-bond acceptors (Lipinski definition) is 5. The fourth-order valence-electron chi connectivity index (χ4n) is 4.34. The summed E-state index contributed by atoms with van der Waals surface area (Å²) in [5.41, 5.74) is 1.83. The maximum atomic E-state index is 13.9. The van der Waals surface area contributed by atoms with Crippen molar-refractivity contribution in [3.05, 3.63) is 94.5 Å². The predicted octanol–water partition coefficient (Wildman–Crippen LogP) is 5.50. The molecular formula is C29H33N3O4S. The molecule has 0 saturated heterocycles. The van der Waals surface area contributed by atoms with Crippen LogP contribution >= 0.6 is 0 Å². The highest BCUT2D eigenvalue weighted by Crippen LogP contribution is 2.30. The Kier molecular flexibility index (Phi) is 7.80. The summed E-state index contributed by atoms with van der Waals surface area (Å²) < 4.78 is 36.3. The van der Waals surface area contributed by atoms with E-state index in [0.717, 1.165) is 5.56 Å². The number of hydrogen-bond donors (Lipinski definition) is 0. The summed E-state index contributed by atoms with van der Waals surface area (Å²) in [6, 6.07) is 20.4. The van der Waals surface area contributed by atoms with Crippen LogP contribution in [-0.4, -0.2) is 35.4 Å². The Morgan fingerprint density at radius 2 is 1.59 bits per heavy atom. The Morgan fingerprint density at radius 3 is 2.22 bits per heavy atom. The minimum atomic E-state index is -3.88. The highest BCUT2D eigenvalue weighted by Gasteiger charge is 2.33. The molecule has 37 heavy (non-hydrogen) atoms. The third-order valence-corrected chi connectivity index (χ3v) is 8.14. The van der Waals surface area contributed by atoms with Gasteiger partial charge >= 0.3 is 0 Å². The molecular weight excluding hydrogens is 486 g/mol. The number of benzene rings is 3. The number of nitrogens with zero attached hydrogens (tertiary/aromatic N) is 3. The molecule has 0 aliphatic rings. The Morgan fingerprint density at radius 1 is 0.946 bits per heavy atom. The van der Waals surface area contributed by atoms with Crippen LogP contribution in [-0.2, 0) is 10.0 Å². The quantitative estimate of drug-likeness (QED) is 0.292. The van der Waals surface area contributed by atoms with Crippen LogP contribution in [0.25, 0.3) is 16.6 Å². The van der Waals surface area contributed by atoms with E-state index in [9.17, 15) is 13.2 Å². The zero-order chi connectivity index (χ0) is 26.7. The van der Waals surface area contributed by atoms with Gasteiger partial charge in [0.2, 0.25) is 10.0 Å². The maximum Gasteiger partial charge on any atom is 0.266 e. The average Bonchev–Trinajstić information content (AvgIpc) is 2.88. The molecule has 1 unspecified atom stereocenters. The van der Waals surface area contributed by atoms with E-state index in [0.29, 0.717) is 34.8 Å². The fourth-order valence-corrected chi connectivity index (χ4v) is 6.09. The van der Waals surface area contributed by atoms with Crippen LogP contribution in [0.15, 0.2) is 82.5 Å². The normalized spacial score (nSPS) is 12.8. The lowest BCUT2D eigenvalue weighted by Gasteiger charge is -2.31. The van der Waals surface area contributed by atoms with Crippen molar-refractivity contribution in [1.82, 2.24) is 13.9 Å². The SMILES string of the molecule is CCOc1ccc(-n2c(C(C)N(CC(C)C)S(=O)(=O)c3ccc(C)cc3)nc3ccccc3c2=O)cc1. The summed E-state index contributed by atoms with van der Waals surface area (Å²) >= 11 is 0. The molecule has 0 spiro atoms. The van der Waals surface area contributed by atoms with Gasteiger partial charge in [0, 0.05) is 6.54 Å². The minimum absolute atomic E-state index is 0.0498. The van der Waals surface area contributed by atoms with Crippen molar-refractivity contribution in [1.29, 1.82) is 0 Å². The number of aromatic nitrogens is 2. The predicted molar refractivity (Wildman–Crippen MR) is 147 cm³/mol. The summed E-state index contributed by atoms with van der Waals surface area (Å²) in [4.78, 5) is 18.8. The van der Waals surface area contributed by atoms with Gasteiger partial charge in [0.05, 0.1) is 34.1 Å². The van der Waals surface area contributed by atoms with Crippen molar-refractivity contribution in [3.8, 4) is 11.4 Å². The Labute approximate surface area is 218 Å². The average molecular weight is 520 g/mol. The topological polar surface area (TPSA) is 81.5 Å². The number of para-hydroxylation sites is 1. The third-order valence-electron chi connectivity index (χ3n) is 6.19. The van der Waals surface area contributed by atoms with Crippen molar-refractivity contribution in [2.45, 2.75) is 45.6 Å². The van der Waals surface area contributed by atoms with Crippen LogP contribution in [0.2, 0.25) is 0 Å². The van der Waals surface area contributed by atoms with E-state index < -0.39 is 16.1 Å². The molecule has 1 heterocycles. The summed E-state index contributed by atoms with van der Waals surface area (Å²) in [6.07, 6.45) is 0. The molecule has 8 heteroatoms. The van der Waals surface area contributed by atoms with Gasteiger partial charge in [-0.1, -0.05) is 43.7 Å². The largest absolute Gasteiger partial charge is 0.494 e. The molecule has 0 radical (unpaired) electrons. The first-order valence-corrected chi connectivity index (χ1v) is 13.9. The second-order valence-corrected chi connectivity index (χ2v) is 11.4. The first kappa shape index (κ1) is 26.6. The minimum Gasteiger partial charge on any atom is -0.494 e. The highest BCUT2D eigenvalue weighted by atomic mass is 32.2. The van der Waals surface area contributed by atoms with Crippen LogP contribution in [0.1, 0.15) is 45.1 Å². The molecule has 194 valence electrons. The third kappa shape index (κ3) is 5.45. The van der Waals surface area contributed by atoms with Crippen molar-refractivity contribution >= 4 is 20.9 Å². The van der Waals surface area contributed by atoms with Gasteiger partial charge in [-0.05, 0) is 75.2 Å². The molecule has 1 atom stereocenters. The van der Waals surface area contributed by atoms with E-state index in [2.05, 4.69) is 0 Å². The molecule has 0 saturated carbocycles. The molecule has 0 aliphatic carbocycles. The van der Waals surface area contributed by atoms with Crippen molar-refractivity contribution in [2.75, 3.05) is 13.2 Å². The second-order valence-electron chi connectivity index (χ2n) is 9.51. The molecule has 0 bridgehead atoms. The number of rotatable bonds is 9. The molecule has 3 aromatic carbocycles. The van der Waals surface area contributed by atoms with Crippen LogP contribution < -0.4 is 10.3 Å². The summed E-state index contributed by atoms with van der Waals surface area (Å²) in [5, 5.41) is 0.462. The van der Waals surface area contributed by atoms with Gasteiger partial charge in [-0.2, -0.15) is 4.31 Å². The van der Waals surface area contributed by atoms with Crippen LogP contribution in [0, 0.1) is 12.8 Å². The lowest BCUT2D eigenvalue weighted by molar-refractivity contribution is 0.296. The van der Waals surface area contributed by atoms with Crippen LogP contribution in [0.3, 0.4) is 0 Å². The Balaban J connectivity index is 1.93. The smallest absolute Gasteiger partial charge is 0.266 e. The van der Waals surface area contributed by atoms with Gasteiger partial charge in [0.15, 0.2) is 0 Å². The lowest BCUT2D eigenvalue weighted by Crippen LogP contribution is -2.39. The van der Waals surface area contributed by atoms with Crippen molar-refractivity contribution in [3.63, 3.8) is 0 Å². The summed E-state index contributed by atoms with van der Waals surface area (Å²) in [5.74, 6) is 1.09. The number of sulfonamides is 1. The van der Waals surface area contributed by atoms with Gasteiger partial charge in [-0.25, -0.2) is 13.4 Å². The van der Waals surface area contributed by atoms with Crippen LogP contribution in [0.4, 0.5) is 0 Å². The van der Waals surface area contributed by atoms with Crippen molar-refractivity contribution < 1.29 is 13.2 Å². The first-order valence-electron chi connectivity index (χ1n) is 12.5. The van der Waals surface area contributed by atoms with Gasteiger partial charge in [-0.3, -0.25) is 9.36 Å². The first-order chi connectivity index (χ1) is 17.6. The van der Waals surface area contributed by atoms with E-state index in [1.165, 1.54) is 8.87 Å². The second kappa shape index (κ2) is 10.9. The van der Waals surface area contributed by atoms with Gasteiger partial charge in [0.25, 0.3) is 5.56 Å². The molecule has 7 nitrogen and oxygen atoms in total. The van der Waals surface area contributed by atoms with E-state index in [-0.39, 0.29) is 22.9 Å². The van der Waals surface area contributed by atoms with Crippen LogP contribution in [0.5, 0.6) is 5.75 Å². The Hall–Kier alpha value is -3.49. The van der Waals surface area contributed by atoms with Gasteiger partial charge < -0.3 is 4.74 Å².